The molecule has 1 aliphatic heterocycles. The van der Waals surface area contributed by atoms with Gasteiger partial charge in [-0.3, -0.25) is 4.90 Å². The van der Waals surface area contributed by atoms with Gasteiger partial charge in [0.2, 0.25) is 0 Å². The largest absolute Gasteiger partial charge is 0.333 e. The molecule has 0 aromatic carbocycles. The van der Waals surface area contributed by atoms with E-state index in [4.69, 9.17) is 5.73 Å². The SMILES string of the molecule is CC(C)CC(CN)N1CCn2ccnc2C1. The minimum absolute atomic E-state index is 0.505. The number of fused-ring (bicyclic) bond motifs is 1. The average Bonchev–Trinajstić information content (AvgIpc) is 2.72. The standard InChI is InChI=1S/C12H22N4/c1-10(2)7-11(8-13)16-6-5-15-4-3-14-12(15)9-16/h3-4,10-11H,5-9,13H2,1-2H3. The van der Waals surface area contributed by atoms with Crippen LogP contribution in [0.25, 0.3) is 0 Å². The van der Waals surface area contributed by atoms with Crippen LogP contribution in [0.1, 0.15) is 26.1 Å². The molecule has 1 aromatic rings. The van der Waals surface area contributed by atoms with Crippen molar-refractivity contribution in [2.75, 3.05) is 13.1 Å². The molecule has 0 saturated carbocycles. The molecule has 0 fully saturated rings. The number of aromatic nitrogens is 2. The van der Waals surface area contributed by atoms with Crippen molar-refractivity contribution in [1.82, 2.24) is 14.5 Å². The summed E-state index contributed by atoms with van der Waals surface area (Å²) in [4.78, 5) is 6.86. The molecule has 1 aromatic heterocycles. The molecule has 0 amide bonds. The van der Waals surface area contributed by atoms with Crippen molar-refractivity contribution < 1.29 is 0 Å². The molecule has 1 aliphatic rings. The van der Waals surface area contributed by atoms with Crippen molar-refractivity contribution >= 4 is 0 Å². The molecule has 1 atom stereocenters. The second kappa shape index (κ2) is 4.97. The van der Waals surface area contributed by atoms with E-state index in [1.807, 2.05) is 6.20 Å². The van der Waals surface area contributed by atoms with E-state index < -0.39 is 0 Å². The number of rotatable bonds is 4. The number of hydrogen-bond acceptors (Lipinski definition) is 3. The van der Waals surface area contributed by atoms with Gasteiger partial charge >= 0.3 is 0 Å². The van der Waals surface area contributed by atoms with E-state index in [1.165, 1.54) is 12.2 Å². The topological polar surface area (TPSA) is 47.1 Å². The molecule has 0 aliphatic carbocycles. The maximum Gasteiger partial charge on any atom is 0.122 e. The van der Waals surface area contributed by atoms with Gasteiger partial charge in [0.15, 0.2) is 0 Å². The first kappa shape index (κ1) is 11.6. The minimum Gasteiger partial charge on any atom is -0.333 e. The molecule has 0 radical (unpaired) electrons. The lowest BCUT2D eigenvalue weighted by Crippen LogP contribution is -2.45. The Morgan fingerprint density at radius 2 is 2.25 bits per heavy atom. The predicted octanol–water partition coefficient (Wildman–Crippen LogP) is 1.07. The van der Waals surface area contributed by atoms with E-state index in [9.17, 15) is 0 Å². The lowest BCUT2D eigenvalue weighted by molar-refractivity contribution is 0.139. The van der Waals surface area contributed by atoms with Crippen LogP contribution in [0.3, 0.4) is 0 Å². The summed E-state index contributed by atoms with van der Waals surface area (Å²) in [5.41, 5.74) is 5.88. The lowest BCUT2D eigenvalue weighted by atomic mass is 10.0. The van der Waals surface area contributed by atoms with Crippen molar-refractivity contribution in [2.45, 2.75) is 39.4 Å². The van der Waals surface area contributed by atoms with Gasteiger partial charge in [-0.2, -0.15) is 0 Å². The van der Waals surface area contributed by atoms with Crippen LogP contribution in [0.4, 0.5) is 0 Å². The second-order valence-corrected chi connectivity index (χ2v) is 5.03. The number of hydrogen-bond donors (Lipinski definition) is 1. The Hall–Kier alpha value is -0.870. The van der Waals surface area contributed by atoms with Gasteiger partial charge in [-0.05, 0) is 12.3 Å². The lowest BCUT2D eigenvalue weighted by Gasteiger charge is -2.35. The van der Waals surface area contributed by atoms with Crippen molar-refractivity contribution in [3.05, 3.63) is 18.2 Å². The summed E-state index contributed by atoms with van der Waals surface area (Å²) in [6.45, 7) is 8.35. The highest BCUT2D eigenvalue weighted by molar-refractivity contribution is 4.96. The Kier molecular flexibility index (Phi) is 3.61. The zero-order valence-electron chi connectivity index (χ0n) is 10.3. The number of nitrogens with zero attached hydrogens (tertiary/aromatic N) is 3. The molecule has 4 nitrogen and oxygen atoms in total. The van der Waals surface area contributed by atoms with Gasteiger partial charge in [0.1, 0.15) is 5.82 Å². The zero-order chi connectivity index (χ0) is 11.5. The van der Waals surface area contributed by atoms with E-state index in [0.29, 0.717) is 12.0 Å². The quantitative estimate of drug-likeness (QED) is 0.829. The van der Waals surface area contributed by atoms with Crippen molar-refractivity contribution in [2.24, 2.45) is 11.7 Å². The molecule has 16 heavy (non-hydrogen) atoms. The summed E-state index contributed by atoms with van der Waals surface area (Å²) in [6.07, 6.45) is 5.13. The summed E-state index contributed by atoms with van der Waals surface area (Å²) in [7, 11) is 0. The van der Waals surface area contributed by atoms with Gasteiger partial charge in [0, 0.05) is 38.1 Å². The molecule has 0 saturated heterocycles. The molecule has 90 valence electrons. The fraction of sp³-hybridized carbons (Fsp3) is 0.750. The van der Waals surface area contributed by atoms with Gasteiger partial charge < -0.3 is 10.3 Å². The molecule has 1 unspecified atom stereocenters. The Balaban J connectivity index is 2.01. The van der Waals surface area contributed by atoms with Crippen LogP contribution in [0, 0.1) is 5.92 Å². The highest BCUT2D eigenvalue weighted by Crippen LogP contribution is 2.17. The Morgan fingerprint density at radius 3 is 2.94 bits per heavy atom. The van der Waals surface area contributed by atoms with E-state index in [2.05, 4.69) is 34.5 Å². The smallest absolute Gasteiger partial charge is 0.122 e. The second-order valence-electron chi connectivity index (χ2n) is 5.03. The molecule has 2 N–H and O–H groups in total. The van der Waals surface area contributed by atoms with Crippen LogP contribution in [0.5, 0.6) is 0 Å². The molecule has 4 heteroatoms. The average molecular weight is 222 g/mol. The minimum atomic E-state index is 0.505. The van der Waals surface area contributed by atoms with Crippen molar-refractivity contribution in [3.8, 4) is 0 Å². The van der Waals surface area contributed by atoms with Gasteiger partial charge in [-0.15, -0.1) is 0 Å². The first-order valence-corrected chi connectivity index (χ1v) is 6.15. The molecule has 0 bridgehead atoms. The third kappa shape index (κ3) is 2.44. The van der Waals surface area contributed by atoms with E-state index in [0.717, 1.165) is 26.2 Å². The summed E-state index contributed by atoms with van der Waals surface area (Å²) >= 11 is 0. The van der Waals surface area contributed by atoms with E-state index in [-0.39, 0.29) is 0 Å². The fourth-order valence-corrected chi connectivity index (χ4v) is 2.44. The maximum atomic E-state index is 5.88. The predicted molar refractivity (Wildman–Crippen MR) is 64.9 cm³/mol. The monoisotopic (exact) mass is 222 g/mol. The fourth-order valence-electron chi connectivity index (χ4n) is 2.44. The number of nitrogens with two attached hydrogens (primary N) is 1. The molecule has 2 heterocycles. The highest BCUT2D eigenvalue weighted by Gasteiger charge is 2.23. The van der Waals surface area contributed by atoms with E-state index in [1.54, 1.807) is 0 Å². The van der Waals surface area contributed by atoms with Crippen molar-refractivity contribution in [1.29, 1.82) is 0 Å². The summed E-state index contributed by atoms with van der Waals surface area (Å²) in [5, 5.41) is 0. The van der Waals surface area contributed by atoms with Crippen LogP contribution in [-0.4, -0.2) is 33.6 Å². The zero-order valence-corrected chi connectivity index (χ0v) is 10.3. The van der Waals surface area contributed by atoms with Gasteiger partial charge in [0.05, 0.1) is 6.54 Å². The third-order valence-corrected chi connectivity index (χ3v) is 3.31. The molecule has 2 rings (SSSR count). The summed E-state index contributed by atoms with van der Waals surface area (Å²) < 4.78 is 2.24. The molecule has 0 spiro atoms. The van der Waals surface area contributed by atoms with Crippen molar-refractivity contribution in [3.63, 3.8) is 0 Å². The van der Waals surface area contributed by atoms with Crippen LogP contribution in [-0.2, 0) is 13.1 Å². The number of imidazole rings is 1. The van der Waals surface area contributed by atoms with E-state index >= 15 is 0 Å². The van der Waals surface area contributed by atoms with Crippen LogP contribution < -0.4 is 5.73 Å². The molecular weight excluding hydrogens is 200 g/mol. The van der Waals surface area contributed by atoms with Gasteiger partial charge in [-0.1, -0.05) is 13.8 Å². The summed E-state index contributed by atoms with van der Waals surface area (Å²) in [5.74, 6) is 1.88. The third-order valence-electron chi connectivity index (χ3n) is 3.31. The summed E-state index contributed by atoms with van der Waals surface area (Å²) in [6, 6.07) is 0.505. The first-order chi connectivity index (χ1) is 7.70. The van der Waals surface area contributed by atoms with Gasteiger partial charge in [0.25, 0.3) is 0 Å². The highest BCUT2D eigenvalue weighted by atomic mass is 15.3. The molecular formula is C12H22N4. The van der Waals surface area contributed by atoms with Crippen LogP contribution >= 0.6 is 0 Å². The van der Waals surface area contributed by atoms with Gasteiger partial charge in [-0.25, -0.2) is 4.98 Å². The maximum absolute atomic E-state index is 5.88. The normalized spacial score (nSPS) is 18.8. The Morgan fingerprint density at radius 1 is 1.44 bits per heavy atom. The van der Waals surface area contributed by atoms with Crippen LogP contribution in [0.2, 0.25) is 0 Å². The Labute approximate surface area is 97.4 Å². The Bertz CT molecular complexity index is 332. The first-order valence-electron chi connectivity index (χ1n) is 6.15. The van der Waals surface area contributed by atoms with Crippen LogP contribution in [0.15, 0.2) is 12.4 Å².